The first-order valence-corrected chi connectivity index (χ1v) is 7.14. The molecule has 21 heavy (non-hydrogen) atoms. The van der Waals surface area contributed by atoms with E-state index >= 15 is 0 Å². The molecule has 0 unspecified atom stereocenters. The van der Waals surface area contributed by atoms with E-state index in [1.54, 1.807) is 6.20 Å². The third kappa shape index (κ3) is 2.97. The smallest absolute Gasteiger partial charge is 0.157 e. The second-order valence-electron chi connectivity index (χ2n) is 4.63. The maximum Gasteiger partial charge on any atom is 0.157 e. The normalized spacial score (nSPS) is 10.8. The molecule has 3 nitrogen and oxygen atoms in total. The van der Waals surface area contributed by atoms with E-state index in [4.69, 9.17) is 10.5 Å². The molecule has 0 spiro atoms. The Morgan fingerprint density at radius 1 is 1.19 bits per heavy atom. The standard InChI is InChI=1S/C16H12BrFN2O/c17-13-7-12(18)8-14(19)16(13)21-9-10-3-4-15-11(6-10)2-1-5-20-15/h1-8H,9,19H2. The summed E-state index contributed by atoms with van der Waals surface area (Å²) in [5.41, 5.74) is 7.97. The molecule has 2 aromatic carbocycles. The second-order valence-corrected chi connectivity index (χ2v) is 5.48. The summed E-state index contributed by atoms with van der Waals surface area (Å²) in [5, 5.41) is 1.05. The minimum absolute atomic E-state index is 0.268. The van der Waals surface area contributed by atoms with E-state index in [2.05, 4.69) is 20.9 Å². The van der Waals surface area contributed by atoms with Crippen LogP contribution in [0.1, 0.15) is 5.56 Å². The molecule has 0 fully saturated rings. The highest BCUT2D eigenvalue weighted by atomic mass is 79.9. The molecule has 106 valence electrons. The number of ether oxygens (including phenoxy) is 1. The Morgan fingerprint density at radius 3 is 2.86 bits per heavy atom. The lowest BCUT2D eigenvalue weighted by Gasteiger charge is -2.11. The van der Waals surface area contributed by atoms with Crippen LogP contribution in [0.25, 0.3) is 10.9 Å². The monoisotopic (exact) mass is 346 g/mol. The van der Waals surface area contributed by atoms with Crippen molar-refractivity contribution in [1.29, 1.82) is 0 Å². The summed E-state index contributed by atoms with van der Waals surface area (Å²) >= 11 is 3.26. The van der Waals surface area contributed by atoms with E-state index in [1.165, 1.54) is 12.1 Å². The summed E-state index contributed by atoms with van der Waals surface area (Å²) < 4.78 is 19.4. The summed E-state index contributed by atoms with van der Waals surface area (Å²) in [6.45, 7) is 0.346. The Bertz CT molecular complexity index is 784. The number of aromatic nitrogens is 1. The lowest BCUT2D eigenvalue weighted by atomic mass is 10.1. The molecule has 0 amide bonds. The van der Waals surface area contributed by atoms with Gasteiger partial charge in [-0.3, -0.25) is 4.98 Å². The van der Waals surface area contributed by atoms with Crippen LogP contribution in [0.2, 0.25) is 0 Å². The highest BCUT2D eigenvalue weighted by Gasteiger charge is 2.09. The number of rotatable bonds is 3. The van der Waals surface area contributed by atoms with Crippen molar-refractivity contribution in [1.82, 2.24) is 4.98 Å². The second kappa shape index (κ2) is 5.69. The third-order valence-corrected chi connectivity index (χ3v) is 3.68. The van der Waals surface area contributed by atoms with Crippen molar-refractivity contribution in [2.75, 3.05) is 5.73 Å². The number of fused-ring (bicyclic) bond motifs is 1. The van der Waals surface area contributed by atoms with Gasteiger partial charge in [0.2, 0.25) is 0 Å². The third-order valence-electron chi connectivity index (χ3n) is 3.09. The van der Waals surface area contributed by atoms with Crippen molar-refractivity contribution in [3.63, 3.8) is 0 Å². The van der Waals surface area contributed by atoms with Gasteiger partial charge in [-0.1, -0.05) is 12.1 Å². The Morgan fingerprint density at radius 2 is 2.05 bits per heavy atom. The lowest BCUT2D eigenvalue weighted by molar-refractivity contribution is 0.305. The fraction of sp³-hybridized carbons (Fsp3) is 0.0625. The molecule has 0 saturated heterocycles. The molecule has 0 saturated carbocycles. The number of nitrogens with zero attached hydrogens (tertiary/aromatic N) is 1. The van der Waals surface area contributed by atoms with Crippen molar-refractivity contribution >= 4 is 32.5 Å². The van der Waals surface area contributed by atoms with Gasteiger partial charge in [0, 0.05) is 17.6 Å². The average molecular weight is 347 g/mol. The van der Waals surface area contributed by atoms with Gasteiger partial charge in [-0.25, -0.2) is 4.39 Å². The van der Waals surface area contributed by atoms with Crippen molar-refractivity contribution in [3.8, 4) is 5.75 Å². The van der Waals surface area contributed by atoms with E-state index in [-0.39, 0.29) is 5.69 Å². The van der Waals surface area contributed by atoms with Crippen LogP contribution >= 0.6 is 15.9 Å². The van der Waals surface area contributed by atoms with E-state index in [1.807, 2.05) is 30.3 Å². The van der Waals surface area contributed by atoms with E-state index in [0.717, 1.165) is 16.5 Å². The van der Waals surface area contributed by atoms with Gasteiger partial charge < -0.3 is 10.5 Å². The van der Waals surface area contributed by atoms with Crippen LogP contribution in [-0.2, 0) is 6.61 Å². The van der Waals surface area contributed by atoms with E-state index < -0.39 is 5.82 Å². The molecule has 5 heteroatoms. The summed E-state index contributed by atoms with van der Waals surface area (Å²) in [6, 6.07) is 12.4. The molecule has 2 N–H and O–H groups in total. The summed E-state index contributed by atoms with van der Waals surface area (Å²) in [4.78, 5) is 4.27. The fourth-order valence-corrected chi connectivity index (χ4v) is 2.66. The first-order valence-electron chi connectivity index (χ1n) is 6.34. The number of halogens is 2. The molecule has 3 rings (SSSR count). The van der Waals surface area contributed by atoms with Crippen LogP contribution in [0.4, 0.5) is 10.1 Å². The van der Waals surface area contributed by atoms with E-state index in [0.29, 0.717) is 16.8 Å². The number of pyridine rings is 1. The van der Waals surface area contributed by atoms with Crippen LogP contribution in [0.15, 0.2) is 53.1 Å². The Kier molecular flexibility index (Phi) is 3.75. The highest BCUT2D eigenvalue weighted by molar-refractivity contribution is 9.10. The van der Waals surface area contributed by atoms with Crippen molar-refractivity contribution < 1.29 is 9.13 Å². The van der Waals surface area contributed by atoms with Gasteiger partial charge in [0.15, 0.2) is 5.75 Å². The molecule has 1 aromatic heterocycles. The van der Waals surface area contributed by atoms with Gasteiger partial charge in [-0.2, -0.15) is 0 Å². The molecule has 0 aliphatic carbocycles. The van der Waals surface area contributed by atoms with Gasteiger partial charge >= 0.3 is 0 Å². The van der Waals surface area contributed by atoms with Crippen molar-refractivity contribution in [2.45, 2.75) is 6.61 Å². The Hall–Kier alpha value is -2.14. The summed E-state index contributed by atoms with van der Waals surface area (Å²) in [5.74, 6) is 0.0474. The molecule has 0 radical (unpaired) electrons. The van der Waals surface area contributed by atoms with Gasteiger partial charge in [-0.05, 0) is 45.8 Å². The Balaban J connectivity index is 1.83. The molecule has 0 aliphatic heterocycles. The van der Waals surface area contributed by atoms with Gasteiger partial charge in [-0.15, -0.1) is 0 Å². The molecule has 0 bridgehead atoms. The van der Waals surface area contributed by atoms with Gasteiger partial charge in [0.25, 0.3) is 0 Å². The van der Waals surface area contributed by atoms with E-state index in [9.17, 15) is 4.39 Å². The molecule has 0 atom stereocenters. The predicted molar refractivity (Wildman–Crippen MR) is 84.6 cm³/mol. The molecular formula is C16H12BrFN2O. The molecule has 1 heterocycles. The van der Waals surface area contributed by atoms with Crippen LogP contribution in [0.3, 0.4) is 0 Å². The number of hydrogen-bond acceptors (Lipinski definition) is 3. The van der Waals surface area contributed by atoms with Crippen LogP contribution in [0, 0.1) is 5.82 Å². The Labute approximate surface area is 129 Å². The van der Waals surface area contributed by atoms with Crippen LogP contribution in [0.5, 0.6) is 5.75 Å². The maximum atomic E-state index is 13.2. The first-order chi connectivity index (χ1) is 10.1. The quantitative estimate of drug-likeness (QED) is 0.719. The largest absolute Gasteiger partial charge is 0.486 e. The van der Waals surface area contributed by atoms with Crippen molar-refractivity contribution in [2.24, 2.45) is 0 Å². The number of benzene rings is 2. The number of hydrogen-bond donors (Lipinski definition) is 1. The average Bonchev–Trinajstić information content (AvgIpc) is 2.46. The lowest BCUT2D eigenvalue weighted by Crippen LogP contribution is -2.00. The predicted octanol–water partition coefficient (Wildman–Crippen LogP) is 4.30. The zero-order valence-electron chi connectivity index (χ0n) is 11.0. The minimum atomic E-state index is -0.400. The number of nitrogen functional groups attached to an aromatic ring is 1. The van der Waals surface area contributed by atoms with Crippen LogP contribution in [-0.4, -0.2) is 4.98 Å². The molecular weight excluding hydrogens is 335 g/mol. The molecule has 0 aliphatic rings. The summed E-state index contributed by atoms with van der Waals surface area (Å²) in [6.07, 6.45) is 1.76. The van der Waals surface area contributed by atoms with Crippen LogP contribution < -0.4 is 10.5 Å². The number of anilines is 1. The molecule has 3 aromatic rings. The first kappa shape index (κ1) is 13.8. The van der Waals surface area contributed by atoms with Crippen molar-refractivity contribution in [3.05, 3.63) is 64.5 Å². The SMILES string of the molecule is Nc1cc(F)cc(Br)c1OCc1ccc2ncccc2c1. The number of nitrogens with two attached hydrogens (primary N) is 1. The zero-order valence-corrected chi connectivity index (χ0v) is 12.6. The summed E-state index contributed by atoms with van der Waals surface area (Å²) in [7, 11) is 0. The minimum Gasteiger partial charge on any atom is -0.486 e. The van der Waals surface area contributed by atoms with Gasteiger partial charge in [0.05, 0.1) is 15.7 Å². The van der Waals surface area contributed by atoms with Gasteiger partial charge in [0.1, 0.15) is 12.4 Å². The highest BCUT2D eigenvalue weighted by Crippen LogP contribution is 2.33. The fourth-order valence-electron chi connectivity index (χ4n) is 2.10. The zero-order chi connectivity index (χ0) is 14.8. The maximum absolute atomic E-state index is 13.2. The topological polar surface area (TPSA) is 48.1 Å².